The van der Waals surface area contributed by atoms with E-state index in [1.165, 1.54) is 41.2 Å². The van der Waals surface area contributed by atoms with Crippen LogP contribution in [0.4, 0.5) is 0 Å². The number of hydrogen-bond donors (Lipinski definition) is 1. The molecule has 1 atom stereocenters. The Hall–Kier alpha value is -1.34. The van der Waals surface area contributed by atoms with Gasteiger partial charge in [-0.05, 0) is 54.1 Å². The van der Waals surface area contributed by atoms with Gasteiger partial charge in [-0.15, -0.1) is 0 Å². The third-order valence-corrected chi connectivity index (χ3v) is 4.56. The number of benzene rings is 2. The lowest BCUT2D eigenvalue weighted by atomic mass is 9.76. The van der Waals surface area contributed by atoms with Crippen LogP contribution in [0.2, 0.25) is 0 Å². The smallest absolute Gasteiger partial charge is 0.0354 e. The summed E-state index contributed by atoms with van der Waals surface area (Å²) in [5.74, 6) is 0.825. The molecule has 0 heterocycles. The van der Waals surface area contributed by atoms with Gasteiger partial charge in [0, 0.05) is 6.04 Å². The minimum atomic E-state index is 0.532. The summed E-state index contributed by atoms with van der Waals surface area (Å²) in [4.78, 5) is 0. The molecule has 1 heteroatoms. The third-order valence-electron chi connectivity index (χ3n) is 4.56. The van der Waals surface area contributed by atoms with Gasteiger partial charge in [0.1, 0.15) is 0 Å². The Labute approximate surface area is 116 Å². The van der Waals surface area contributed by atoms with Gasteiger partial charge in [0.15, 0.2) is 0 Å². The minimum absolute atomic E-state index is 0.532. The van der Waals surface area contributed by atoms with Crippen LogP contribution in [0, 0.1) is 12.8 Å². The van der Waals surface area contributed by atoms with E-state index in [2.05, 4.69) is 55.6 Å². The fourth-order valence-electron chi connectivity index (χ4n) is 3.27. The van der Waals surface area contributed by atoms with E-state index in [-0.39, 0.29) is 0 Å². The molecule has 100 valence electrons. The van der Waals surface area contributed by atoms with E-state index in [0.29, 0.717) is 6.04 Å². The SMILES string of the molecule is CCNC(c1ccc(C)c2ccccc12)C1CCC1. The monoisotopic (exact) mass is 253 g/mol. The largest absolute Gasteiger partial charge is 0.310 e. The molecule has 0 radical (unpaired) electrons. The Morgan fingerprint density at radius 1 is 1.11 bits per heavy atom. The van der Waals surface area contributed by atoms with Gasteiger partial charge >= 0.3 is 0 Å². The number of aryl methyl sites for hydroxylation is 1. The summed E-state index contributed by atoms with van der Waals surface area (Å²) in [5, 5.41) is 6.55. The first kappa shape index (κ1) is 12.7. The molecule has 0 saturated heterocycles. The summed E-state index contributed by atoms with van der Waals surface area (Å²) in [7, 11) is 0. The Morgan fingerprint density at radius 2 is 1.84 bits per heavy atom. The first-order valence-electron chi connectivity index (χ1n) is 7.53. The lowest BCUT2D eigenvalue weighted by Gasteiger charge is -2.35. The molecule has 1 N–H and O–H groups in total. The standard InChI is InChI=1S/C18H23N/c1-3-19-18(14-7-6-8-14)17-12-11-13(2)15-9-4-5-10-16(15)17/h4-5,9-12,14,18-19H,3,6-8H2,1-2H3. The Balaban J connectivity index is 2.09. The highest BCUT2D eigenvalue weighted by Gasteiger charge is 2.28. The van der Waals surface area contributed by atoms with E-state index in [9.17, 15) is 0 Å². The molecule has 3 rings (SSSR count). The Morgan fingerprint density at radius 3 is 2.47 bits per heavy atom. The molecule has 0 bridgehead atoms. The Kier molecular flexibility index (Phi) is 3.56. The van der Waals surface area contributed by atoms with Gasteiger partial charge in [-0.25, -0.2) is 0 Å². The maximum absolute atomic E-state index is 3.71. The molecular formula is C18H23N. The highest BCUT2D eigenvalue weighted by molar-refractivity contribution is 5.89. The quantitative estimate of drug-likeness (QED) is 0.839. The highest BCUT2D eigenvalue weighted by atomic mass is 14.9. The first-order valence-corrected chi connectivity index (χ1v) is 7.53. The lowest BCUT2D eigenvalue weighted by Crippen LogP contribution is -2.32. The topological polar surface area (TPSA) is 12.0 Å². The van der Waals surface area contributed by atoms with Crippen LogP contribution in [0.25, 0.3) is 10.8 Å². The third kappa shape index (κ3) is 2.28. The second-order valence-corrected chi connectivity index (χ2v) is 5.74. The zero-order chi connectivity index (χ0) is 13.2. The molecule has 0 amide bonds. The van der Waals surface area contributed by atoms with Crippen molar-refractivity contribution in [2.24, 2.45) is 5.92 Å². The summed E-state index contributed by atoms with van der Waals surface area (Å²) in [6.07, 6.45) is 4.15. The van der Waals surface area contributed by atoms with Crippen LogP contribution in [-0.2, 0) is 0 Å². The maximum atomic E-state index is 3.71. The molecule has 1 nitrogen and oxygen atoms in total. The first-order chi connectivity index (χ1) is 9.31. The van der Waals surface area contributed by atoms with Gasteiger partial charge in [0.05, 0.1) is 0 Å². The molecule has 0 aromatic heterocycles. The van der Waals surface area contributed by atoms with Crippen LogP contribution in [-0.4, -0.2) is 6.54 Å². The second-order valence-electron chi connectivity index (χ2n) is 5.74. The van der Waals surface area contributed by atoms with Crippen LogP contribution in [0.5, 0.6) is 0 Å². The highest BCUT2D eigenvalue weighted by Crippen LogP contribution is 2.40. The summed E-state index contributed by atoms with van der Waals surface area (Å²) in [6.45, 7) is 5.46. The molecule has 1 aliphatic rings. The van der Waals surface area contributed by atoms with E-state index < -0.39 is 0 Å². The predicted octanol–water partition coefficient (Wildman–Crippen LogP) is 4.60. The molecular weight excluding hydrogens is 230 g/mol. The van der Waals surface area contributed by atoms with Crippen LogP contribution in [0.15, 0.2) is 36.4 Å². The van der Waals surface area contributed by atoms with Gasteiger partial charge in [0.2, 0.25) is 0 Å². The van der Waals surface area contributed by atoms with Crippen LogP contribution < -0.4 is 5.32 Å². The van der Waals surface area contributed by atoms with Gasteiger partial charge in [-0.2, -0.15) is 0 Å². The number of nitrogens with one attached hydrogen (secondary N) is 1. The molecule has 1 aliphatic carbocycles. The molecule has 2 aromatic rings. The van der Waals surface area contributed by atoms with E-state index in [1.807, 2.05) is 0 Å². The van der Waals surface area contributed by atoms with E-state index >= 15 is 0 Å². The molecule has 1 fully saturated rings. The van der Waals surface area contributed by atoms with Crippen molar-refractivity contribution < 1.29 is 0 Å². The van der Waals surface area contributed by atoms with Crippen molar-refractivity contribution in [2.45, 2.75) is 39.2 Å². The fraction of sp³-hybridized carbons (Fsp3) is 0.444. The van der Waals surface area contributed by atoms with Crippen molar-refractivity contribution in [3.63, 3.8) is 0 Å². The van der Waals surface area contributed by atoms with E-state index in [1.54, 1.807) is 0 Å². The maximum Gasteiger partial charge on any atom is 0.0354 e. The summed E-state index contributed by atoms with van der Waals surface area (Å²) >= 11 is 0. The van der Waals surface area contributed by atoms with Crippen molar-refractivity contribution >= 4 is 10.8 Å². The van der Waals surface area contributed by atoms with Gasteiger partial charge in [-0.1, -0.05) is 49.7 Å². The van der Waals surface area contributed by atoms with E-state index in [4.69, 9.17) is 0 Å². The molecule has 0 spiro atoms. The molecule has 19 heavy (non-hydrogen) atoms. The zero-order valence-electron chi connectivity index (χ0n) is 11.9. The number of fused-ring (bicyclic) bond motifs is 1. The van der Waals surface area contributed by atoms with Crippen molar-refractivity contribution in [2.75, 3.05) is 6.54 Å². The molecule has 1 unspecified atom stereocenters. The van der Waals surface area contributed by atoms with Gasteiger partial charge in [-0.3, -0.25) is 0 Å². The molecule has 0 aliphatic heterocycles. The van der Waals surface area contributed by atoms with Crippen molar-refractivity contribution in [3.05, 3.63) is 47.5 Å². The van der Waals surface area contributed by atoms with Crippen molar-refractivity contribution in [1.29, 1.82) is 0 Å². The Bertz CT molecular complexity index is 569. The van der Waals surface area contributed by atoms with Gasteiger partial charge in [0.25, 0.3) is 0 Å². The van der Waals surface area contributed by atoms with Gasteiger partial charge < -0.3 is 5.32 Å². The molecule has 1 saturated carbocycles. The van der Waals surface area contributed by atoms with Crippen LogP contribution in [0.1, 0.15) is 43.4 Å². The van der Waals surface area contributed by atoms with Crippen LogP contribution in [0.3, 0.4) is 0 Å². The van der Waals surface area contributed by atoms with Crippen molar-refractivity contribution in [1.82, 2.24) is 5.32 Å². The fourth-order valence-corrected chi connectivity index (χ4v) is 3.27. The second kappa shape index (κ2) is 5.34. The predicted molar refractivity (Wildman–Crippen MR) is 82.4 cm³/mol. The summed E-state index contributed by atoms with van der Waals surface area (Å²) in [6, 6.07) is 14.0. The van der Waals surface area contributed by atoms with E-state index in [0.717, 1.165) is 12.5 Å². The normalized spacial score (nSPS) is 17.4. The van der Waals surface area contributed by atoms with Crippen LogP contribution >= 0.6 is 0 Å². The number of hydrogen-bond acceptors (Lipinski definition) is 1. The zero-order valence-corrected chi connectivity index (χ0v) is 11.9. The van der Waals surface area contributed by atoms with Crippen molar-refractivity contribution in [3.8, 4) is 0 Å². The number of rotatable bonds is 4. The summed E-state index contributed by atoms with van der Waals surface area (Å²) in [5.41, 5.74) is 2.87. The average Bonchev–Trinajstić information content (AvgIpc) is 2.37. The average molecular weight is 253 g/mol. The lowest BCUT2D eigenvalue weighted by molar-refractivity contribution is 0.234. The summed E-state index contributed by atoms with van der Waals surface area (Å²) < 4.78 is 0. The molecule has 2 aromatic carbocycles. The minimum Gasteiger partial charge on any atom is -0.310 e.